The Labute approximate surface area is 125 Å². The summed E-state index contributed by atoms with van der Waals surface area (Å²) in [4.78, 5) is 10.8. The Morgan fingerprint density at radius 3 is 2.48 bits per heavy atom. The van der Waals surface area contributed by atoms with E-state index in [9.17, 15) is 13.2 Å². The van der Waals surface area contributed by atoms with Gasteiger partial charge in [0.05, 0.1) is 11.3 Å². The van der Waals surface area contributed by atoms with E-state index in [-0.39, 0.29) is 5.56 Å². The third-order valence-corrected chi connectivity index (χ3v) is 5.66. The first-order valence-corrected chi connectivity index (χ1v) is 8.29. The lowest BCUT2D eigenvalue weighted by molar-refractivity contribution is 0.0697. The Hall–Kier alpha value is -1.60. The molecule has 6 nitrogen and oxygen atoms in total. The van der Waals surface area contributed by atoms with Crippen LogP contribution in [0.4, 0.5) is 5.69 Å². The number of benzene rings is 1. The van der Waals surface area contributed by atoms with Gasteiger partial charge in [-0.2, -0.15) is 12.7 Å². The predicted octanol–water partition coefficient (Wildman–Crippen LogP) is 1.80. The van der Waals surface area contributed by atoms with Crippen LogP contribution in [0.15, 0.2) is 24.3 Å². The minimum atomic E-state index is -3.56. The van der Waals surface area contributed by atoms with E-state index in [0.717, 1.165) is 12.8 Å². The van der Waals surface area contributed by atoms with Crippen LogP contribution in [0.5, 0.6) is 0 Å². The lowest BCUT2D eigenvalue weighted by atomic mass is 10.0. The Balaban J connectivity index is 2.21. The maximum absolute atomic E-state index is 12.6. The highest BCUT2D eigenvalue weighted by atomic mass is 32.2. The van der Waals surface area contributed by atoms with Crippen molar-refractivity contribution >= 4 is 21.9 Å². The number of hydrogen-bond donors (Lipinski definition) is 1. The normalized spacial score (nSPS) is 20.2. The lowest BCUT2D eigenvalue weighted by Crippen LogP contribution is -2.46. The van der Waals surface area contributed by atoms with Crippen molar-refractivity contribution in [3.05, 3.63) is 29.8 Å². The van der Waals surface area contributed by atoms with Gasteiger partial charge in [-0.1, -0.05) is 6.92 Å². The molecule has 1 saturated heterocycles. The summed E-state index contributed by atoms with van der Waals surface area (Å²) in [5.41, 5.74) is 0.592. The average molecular weight is 312 g/mol. The van der Waals surface area contributed by atoms with Gasteiger partial charge in [0.15, 0.2) is 0 Å². The first-order valence-electron chi connectivity index (χ1n) is 6.89. The van der Waals surface area contributed by atoms with Crippen molar-refractivity contribution < 1.29 is 18.3 Å². The number of carboxylic acids is 1. The van der Waals surface area contributed by atoms with Crippen LogP contribution >= 0.6 is 0 Å². The predicted molar refractivity (Wildman–Crippen MR) is 80.7 cm³/mol. The number of aromatic carboxylic acids is 1. The van der Waals surface area contributed by atoms with Gasteiger partial charge in [-0.3, -0.25) is 4.31 Å². The fourth-order valence-corrected chi connectivity index (χ4v) is 4.01. The molecule has 0 aliphatic carbocycles. The number of nitrogens with zero attached hydrogens (tertiary/aromatic N) is 2. The van der Waals surface area contributed by atoms with Gasteiger partial charge in [0, 0.05) is 20.1 Å². The number of carboxylic acid groups (broad SMARTS) is 1. The van der Waals surface area contributed by atoms with Gasteiger partial charge in [-0.25, -0.2) is 4.79 Å². The van der Waals surface area contributed by atoms with Gasteiger partial charge in [0.25, 0.3) is 0 Å². The summed E-state index contributed by atoms with van der Waals surface area (Å²) in [5, 5.41) is 8.87. The van der Waals surface area contributed by atoms with Crippen molar-refractivity contribution in [2.45, 2.75) is 19.8 Å². The van der Waals surface area contributed by atoms with Crippen LogP contribution in [0.25, 0.3) is 0 Å². The largest absolute Gasteiger partial charge is 0.478 e. The highest BCUT2D eigenvalue weighted by Gasteiger charge is 2.30. The number of carbonyl (C=O) groups is 1. The van der Waals surface area contributed by atoms with E-state index in [0.29, 0.717) is 24.7 Å². The third kappa shape index (κ3) is 3.36. The van der Waals surface area contributed by atoms with Crippen LogP contribution in [0.2, 0.25) is 0 Å². The van der Waals surface area contributed by atoms with Crippen LogP contribution < -0.4 is 4.31 Å². The summed E-state index contributed by atoms with van der Waals surface area (Å²) >= 11 is 0. The third-order valence-electron chi connectivity index (χ3n) is 3.77. The second-order valence-corrected chi connectivity index (χ2v) is 7.39. The van der Waals surface area contributed by atoms with E-state index >= 15 is 0 Å². The zero-order valence-electron chi connectivity index (χ0n) is 12.2. The molecule has 116 valence electrons. The summed E-state index contributed by atoms with van der Waals surface area (Å²) in [6, 6.07) is 5.83. The molecule has 1 fully saturated rings. The fraction of sp³-hybridized carbons (Fsp3) is 0.500. The summed E-state index contributed by atoms with van der Waals surface area (Å²) in [6.45, 7) is 3.10. The Morgan fingerprint density at radius 2 is 1.95 bits per heavy atom. The molecule has 1 aliphatic heterocycles. The second kappa shape index (κ2) is 6.03. The Morgan fingerprint density at radius 1 is 1.33 bits per heavy atom. The summed E-state index contributed by atoms with van der Waals surface area (Å²) in [7, 11) is -2.07. The van der Waals surface area contributed by atoms with Gasteiger partial charge in [0.2, 0.25) is 0 Å². The molecular weight excluding hydrogens is 292 g/mol. The maximum atomic E-state index is 12.6. The molecular formula is C14H20N2O4S. The van der Waals surface area contributed by atoms with Crippen molar-refractivity contribution in [3.63, 3.8) is 0 Å². The van der Waals surface area contributed by atoms with Crippen molar-refractivity contribution in [2.75, 3.05) is 24.4 Å². The molecule has 0 bridgehead atoms. The lowest BCUT2D eigenvalue weighted by Gasteiger charge is -2.33. The first kappa shape index (κ1) is 15.8. The van der Waals surface area contributed by atoms with Crippen LogP contribution in [0, 0.1) is 5.92 Å². The molecule has 1 aliphatic rings. The molecule has 7 heteroatoms. The second-order valence-electron chi connectivity index (χ2n) is 5.43. The fourth-order valence-electron chi connectivity index (χ4n) is 2.48. The average Bonchev–Trinajstić information content (AvgIpc) is 2.46. The molecule has 0 saturated carbocycles. The van der Waals surface area contributed by atoms with Crippen LogP contribution in [-0.4, -0.2) is 43.9 Å². The monoisotopic (exact) mass is 312 g/mol. The smallest absolute Gasteiger partial charge is 0.335 e. The molecule has 0 radical (unpaired) electrons. The molecule has 0 spiro atoms. The van der Waals surface area contributed by atoms with Crippen molar-refractivity contribution in [1.29, 1.82) is 0 Å². The van der Waals surface area contributed by atoms with Crippen LogP contribution in [0.1, 0.15) is 30.1 Å². The highest BCUT2D eigenvalue weighted by molar-refractivity contribution is 7.90. The van der Waals surface area contributed by atoms with E-state index in [1.54, 1.807) is 0 Å². The zero-order chi connectivity index (χ0) is 15.6. The van der Waals surface area contributed by atoms with Crippen LogP contribution in [0.3, 0.4) is 0 Å². The van der Waals surface area contributed by atoms with Gasteiger partial charge in [-0.05, 0) is 43.0 Å². The van der Waals surface area contributed by atoms with Crippen molar-refractivity contribution in [2.24, 2.45) is 5.92 Å². The number of rotatable bonds is 4. The molecule has 1 heterocycles. The summed E-state index contributed by atoms with van der Waals surface area (Å²) < 4.78 is 27.9. The minimum absolute atomic E-state index is 0.135. The molecule has 1 unspecified atom stereocenters. The van der Waals surface area contributed by atoms with E-state index in [1.165, 1.54) is 39.9 Å². The molecule has 2 rings (SSSR count). The highest BCUT2D eigenvalue weighted by Crippen LogP contribution is 2.24. The molecule has 0 amide bonds. The van der Waals surface area contributed by atoms with Gasteiger partial charge in [0.1, 0.15) is 0 Å². The SMILES string of the molecule is CC1CCCN(S(=O)(=O)N(C)c2ccc(C(=O)O)cc2)C1. The van der Waals surface area contributed by atoms with E-state index in [2.05, 4.69) is 0 Å². The minimum Gasteiger partial charge on any atom is -0.478 e. The maximum Gasteiger partial charge on any atom is 0.335 e. The van der Waals surface area contributed by atoms with E-state index < -0.39 is 16.2 Å². The zero-order valence-corrected chi connectivity index (χ0v) is 13.0. The van der Waals surface area contributed by atoms with Crippen molar-refractivity contribution in [1.82, 2.24) is 4.31 Å². The quantitative estimate of drug-likeness (QED) is 0.919. The van der Waals surface area contributed by atoms with Crippen LogP contribution in [-0.2, 0) is 10.2 Å². The Bertz CT molecular complexity index is 612. The van der Waals surface area contributed by atoms with Gasteiger partial charge >= 0.3 is 16.2 Å². The first-order chi connectivity index (χ1) is 9.82. The van der Waals surface area contributed by atoms with E-state index in [4.69, 9.17) is 5.11 Å². The molecule has 1 aromatic rings. The number of hydrogen-bond acceptors (Lipinski definition) is 3. The Kier molecular flexibility index (Phi) is 4.53. The van der Waals surface area contributed by atoms with Gasteiger partial charge < -0.3 is 5.11 Å². The molecule has 1 N–H and O–H groups in total. The molecule has 0 aromatic heterocycles. The number of piperidine rings is 1. The van der Waals surface area contributed by atoms with Gasteiger partial charge in [-0.15, -0.1) is 0 Å². The molecule has 21 heavy (non-hydrogen) atoms. The number of anilines is 1. The summed E-state index contributed by atoms with van der Waals surface area (Å²) in [6.07, 6.45) is 1.91. The topological polar surface area (TPSA) is 77.9 Å². The molecule has 1 atom stereocenters. The van der Waals surface area contributed by atoms with E-state index in [1.807, 2.05) is 6.92 Å². The summed E-state index contributed by atoms with van der Waals surface area (Å²) in [5.74, 6) is -0.673. The van der Waals surface area contributed by atoms with Crippen molar-refractivity contribution in [3.8, 4) is 0 Å². The molecule has 1 aromatic carbocycles. The standard InChI is InChI=1S/C14H20N2O4S/c1-11-4-3-9-16(10-11)21(19,20)15(2)13-7-5-12(6-8-13)14(17)18/h5-8,11H,3-4,9-10H2,1-2H3,(H,17,18).